The van der Waals surface area contributed by atoms with Crippen molar-refractivity contribution >= 4 is 27.5 Å². The Morgan fingerprint density at radius 2 is 1.91 bits per heavy atom. The Kier molecular flexibility index (Phi) is 5.83. The molecular weight excluding hydrogens is 324 g/mol. The molecule has 22 heavy (non-hydrogen) atoms. The summed E-state index contributed by atoms with van der Waals surface area (Å²) in [5, 5.41) is 0.612. The monoisotopic (exact) mass is 344 g/mol. The summed E-state index contributed by atoms with van der Waals surface area (Å²) in [5.41, 5.74) is 0.874. The number of hydrogen-bond donors (Lipinski definition) is 0. The van der Waals surface area contributed by atoms with Crippen LogP contribution in [-0.2, 0) is 21.2 Å². The van der Waals surface area contributed by atoms with Crippen LogP contribution in [0.2, 0.25) is 5.02 Å². The molecule has 0 spiro atoms. The fourth-order valence-electron chi connectivity index (χ4n) is 2.54. The molecule has 1 heterocycles. The first-order valence-corrected chi connectivity index (χ1v) is 9.41. The number of nitrogens with zero attached hydrogens (tertiary/aromatic N) is 2. The van der Waals surface area contributed by atoms with Gasteiger partial charge in [0.25, 0.3) is 0 Å². The predicted octanol–water partition coefficient (Wildman–Crippen LogP) is 1.77. The molecule has 1 aliphatic rings. The van der Waals surface area contributed by atoms with Gasteiger partial charge in [-0.05, 0) is 24.1 Å². The molecule has 0 aliphatic carbocycles. The van der Waals surface area contributed by atoms with Gasteiger partial charge in [0.15, 0.2) is 0 Å². The van der Waals surface area contributed by atoms with Crippen LogP contribution in [0.1, 0.15) is 18.9 Å². The molecule has 7 heteroatoms. The molecule has 122 valence electrons. The van der Waals surface area contributed by atoms with Gasteiger partial charge in [0.05, 0.1) is 12.2 Å². The van der Waals surface area contributed by atoms with Crippen molar-refractivity contribution in [3.05, 3.63) is 34.9 Å². The van der Waals surface area contributed by atoms with Gasteiger partial charge in [0.2, 0.25) is 15.9 Å². The summed E-state index contributed by atoms with van der Waals surface area (Å²) in [6.45, 7) is 3.50. The summed E-state index contributed by atoms with van der Waals surface area (Å²) >= 11 is 5.91. The molecule has 1 aliphatic heterocycles. The molecule has 0 unspecified atom stereocenters. The Hall–Kier alpha value is -1.11. The Balaban J connectivity index is 1.90. The number of amides is 1. The molecule has 0 N–H and O–H groups in total. The van der Waals surface area contributed by atoms with Crippen LogP contribution >= 0.6 is 11.6 Å². The zero-order valence-electron chi connectivity index (χ0n) is 12.7. The van der Waals surface area contributed by atoms with Crippen molar-refractivity contribution in [1.82, 2.24) is 9.21 Å². The van der Waals surface area contributed by atoms with Gasteiger partial charge in [-0.2, -0.15) is 4.31 Å². The first kappa shape index (κ1) is 17.2. The lowest BCUT2D eigenvalue weighted by atomic mass is 10.1. The second-order valence-corrected chi connectivity index (χ2v) is 7.93. The predicted molar refractivity (Wildman–Crippen MR) is 87.4 cm³/mol. The van der Waals surface area contributed by atoms with E-state index in [2.05, 4.69) is 0 Å². The fourth-order valence-corrected chi connectivity index (χ4v) is 4.24. The van der Waals surface area contributed by atoms with E-state index < -0.39 is 10.0 Å². The van der Waals surface area contributed by atoms with Crippen LogP contribution in [0.25, 0.3) is 0 Å². The van der Waals surface area contributed by atoms with E-state index in [1.807, 2.05) is 19.1 Å². The van der Waals surface area contributed by atoms with E-state index in [1.54, 1.807) is 17.0 Å². The molecule has 5 nitrogen and oxygen atoms in total. The highest BCUT2D eigenvalue weighted by Gasteiger charge is 2.28. The van der Waals surface area contributed by atoms with Gasteiger partial charge in [-0.1, -0.05) is 30.7 Å². The summed E-state index contributed by atoms with van der Waals surface area (Å²) in [4.78, 5) is 14.0. The highest BCUT2D eigenvalue weighted by Crippen LogP contribution is 2.14. The van der Waals surface area contributed by atoms with Crippen molar-refractivity contribution in [3.63, 3.8) is 0 Å². The first-order chi connectivity index (χ1) is 10.4. The highest BCUT2D eigenvalue weighted by molar-refractivity contribution is 7.89. The zero-order chi connectivity index (χ0) is 16.2. The van der Waals surface area contributed by atoms with Gasteiger partial charge in [0, 0.05) is 31.2 Å². The third kappa shape index (κ3) is 4.44. The number of halogens is 1. The zero-order valence-corrected chi connectivity index (χ0v) is 14.2. The Morgan fingerprint density at radius 3 is 2.50 bits per heavy atom. The second kappa shape index (κ2) is 7.44. The average Bonchev–Trinajstić information content (AvgIpc) is 2.47. The maximum Gasteiger partial charge on any atom is 0.227 e. The molecule has 0 radical (unpaired) electrons. The molecule has 2 rings (SSSR count). The van der Waals surface area contributed by atoms with E-state index in [9.17, 15) is 13.2 Å². The average molecular weight is 345 g/mol. The van der Waals surface area contributed by atoms with Crippen molar-refractivity contribution in [2.45, 2.75) is 19.8 Å². The highest BCUT2D eigenvalue weighted by atomic mass is 35.5. The molecule has 0 aromatic heterocycles. The van der Waals surface area contributed by atoms with Gasteiger partial charge < -0.3 is 4.90 Å². The van der Waals surface area contributed by atoms with Crippen LogP contribution in [-0.4, -0.2) is 55.5 Å². The van der Waals surface area contributed by atoms with E-state index in [1.165, 1.54) is 4.31 Å². The molecule has 0 saturated carbocycles. The van der Waals surface area contributed by atoms with Crippen LogP contribution in [0.3, 0.4) is 0 Å². The largest absolute Gasteiger partial charge is 0.340 e. The molecule has 0 atom stereocenters. The molecule has 1 fully saturated rings. The molecular formula is C15H21ClN2O3S. The molecule has 1 aromatic carbocycles. The van der Waals surface area contributed by atoms with Crippen LogP contribution in [0, 0.1) is 0 Å². The van der Waals surface area contributed by atoms with Crippen LogP contribution < -0.4 is 0 Å². The van der Waals surface area contributed by atoms with Gasteiger partial charge in [-0.3, -0.25) is 4.79 Å². The first-order valence-electron chi connectivity index (χ1n) is 7.42. The van der Waals surface area contributed by atoms with Crippen molar-refractivity contribution in [3.8, 4) is 0 Å². The lowest BCUT2D eigenvalue weighted by Crippen LogP contribution is -2.51. The summed E-state index contributed by atoms with van der Waals surface area (Å²) < 4.78 is 25.5. The Bertz CT molecular complexity index is 625. The normalized spacial score (nSPS) is 16.7. The number of piperazine rings is 1. The van der Waals surface area contributed by atoms with Gasteiger partial charge in [0.1, 0.15) is 0 Å². The minimum atomic E-state index is -3.17. The van der Waals surface area contributed by atoms with Crippen molar-refractivity contribution in [1.29, 1.82) is 0 Å². The summed E-state index contributed by atoms with van der Waals surface area (Å²) in [5.74, 6) is 0.179. The van der Waals surface area contributed by atoms with E-state index in [-0.39, 0.29) is 11.7 Å². The summed E-state index contributed by atoms with van der Waals surface area (Å²) in [6.07, 6.45) is 0.901. The van der Waals surface area contributed by atoms with E-state index in [0.29, 0.717) is 44.0 Å². The Morgan fingerprint density at radius 1 is 1.23 bits per heavy atom. The smallest absolute Gasteiger partial charge is 0.227 e. The van der Waals surface area contributed by atoms with Crippen molar-refractivity contribution < 1.29 is 13.2 Å². The minimum absolute atomic E-state index is 0.00908. The minimum Gasteiger partial charge on any atom is -0.340 e. The van der Waals surface area contributed by atoms with Crippen molar-refractivity contribution in [2.75, 3.05) is 31.9 Å². The lowest BCUT2D eigenvalue weighted by molar-refractivity contribution is -0.131. The molecule has 1 amide bonds. The molecule has 1 aromatic rings. The van der Waals surface area contributed by atoms with Crippen molar-refractivity contribution in [2.24, 2.45) is 0 Å². The third-order valence-electron chi connectivity index (χ3n) is 3.69. The molecule has 1 saturated heterocycles. The second-order valence-electron chi connectivity index (χ2n) is 5.40. The van der Waals surface area contributed by atoms with E-state index >= 15 is 0 Å². The lowest BCUT2D eigenvalue weighted by Gasteiger charge is -2.34. The fraction of sp³-hybridized carbons (Fsp3) is 0.533. The van der Waals surface area contributed by atoms with Crippen LogP contribution in [0.15, 0.2) is 24.3 Å². The number of sulfonamides is 1. The maximum atomic E-state index is 12.3. The summed E-state index contributed by atoms with van der Waals surface area (Å²) in [6, 6.07) is 7.24. The van der Waals surface area contributed by atoms with Crippen LogP contribution in [0.4, 0.5) is 0 Å². The van der Waals surface area contributed by atoms with E-state index in [4.69, 9.17) is 11.6 Å². The SMILES string of the molecule is CCCS(=O)(=O)N1CCN(C(=O)Cc2cccc(Cl)c2)CC1. The number of benzene rings is 1. The standard InChI is InChI=1S/C15H21ClN2O3S/c1-2-10-22(20,21)18-8-6-17(7-9-18)15(19)12-13-4-3-5-14(16)11-13/h3-5,11H,2,6-10,12H2,1H3. The Labute approximate surface area is 136 Å². The van der Waals surface area contributed by atoms with Gasteiger partial charge in [-0.15, -0.1) is 0 Å². The van der Waals surface area contributed by atoms with Gasteiger partial charge in [-0.25, -0.2) is 8.42 Å². The number of carbonyl (C=O) groups is 1. The maximum absolute atomic E-state index is 12.3. The quantitative estimate of drug-likeness (QED) is 0.818. The number of carbonyl (C=O) groups excluding carboxylic acids is 1. The molecule has 0 bridgehead atoms. The third-order valence-corrected chi connectivity index (χ3v) is 6.00. The topological polar surface area (TPSA) is 57.7 Å². The van der Waals surface area contributed by atoms with E-state index in [0.717, 1.165) is 5.56 Å². The summed E-state index contributed by atoms with van der Waals surface area (Å²) in [7, 11) is -3.17. The van der Waals surface area contributed by atoms with Gasteiger partial charge >= 0.3 is 0 Å². The number of hydrogen-bond acceptors (Lipinski definition) is 3. The van der Waals surface area contributed by atoms with Crippen LogP contribution in [0.5, 0.6) is 0 Å². The number of rotatable bonds is 5.